The minimum atomic E-state index is -2.75. The van der Waals surface area contributed by atoms with E-state index in [1.807, 2.05) is 0 Å². The quantitative estimate of drug-likeness (QED) is 0.528. The number of thiol groups is 1. The number of hydrogen-bond acceptors (Lipinski definition) is 7. The van der Waals surface area contributed by atoms with Gasteiger partial charge in [0, 0.05) is 6.20 Å². The fraction of sp³-hybridized carbons (Fsp3) is 0.600. The second kappa shape index (κ2) is 6.45. The van der Waals surface area contributed by atoms with E-state index in [2.05, 4.69) is 17.2 Å². The maximum absolute atomic E-state index is 14.5. The van der Waals surface area contributed by atoms with Crippen LogP contribution in [0.4, 0.5) is 10.2 Å². The van der Waals surface area contributed by atoms with Crippen molar-refractivity contribution in [1.29, 1.82) is 0 Å². The molecule has 2 unspecified atom stereocenters. The zero-order chi connectivity index (χ0) is 15.7. The molecule has 6 atom stereocenters. The highest BCUT2D eigenvalue weighted by Gasteiger charge is 2.49. The number of nitrogens with two attached hydrogens (primary N) is 1. The van der Waals surface area contributed by atoms with Gasteiger partial charge in [-0.3, -0.25) is 9.13 Å². The molecule has 0 aliphatic carbocycles. The van der Waals surface area contributed by atoms with Crippen molar-refractivity contribution in [3.8, 4) is 0 Å². The van der Waals surface area contributed by atoms with Gasteiger partial charge in [0.05, 0.1) is 6.10 Å². The van der Waals surface area contributed by atoms with Crippen LogP contribution >= 0.6 is 19.5 Å². The summed E-state index contributed by atoms with van der Waals surface area (Å²) in [7, 11) is -2.75. The summed E-state index contributed by atoms with van der Waals surface area (Å²) in [4.78, 5) is 15.2. The number of anilines is 1. The van der Waals surface area contributed by atoms with E-state index >= 15 is 0 Å². The molecule has 1 saturated heterocycles. The molecule has 8 nitrogen and oxygen atoms in total. The summed E-state index contributed by atoms with van der Waals surface area (Å²) < 4.78 is 36.7. The van der Waals surface area contributed by atoms with E-state index in [0.717, 1.165) is 4.57 Å². The van der Waals surface area contributed by atoms with Gasteiger partial charge in [-0.15, -0.1) is 0 Å². The molecule has 118 valence electrons. The van der Waals surface area contributed by atoms with Gasteiger partial charge in [-0.25, -0.2) is 9.18 Å². The number of hydrogen-bond donors (Lipinski definition) is 3. The number of alkyl halides is 1. The molecule has 2 heterocycles. The maximum Gasteiger partial charge on any atom is 0.351 e. The molecule has 1 fully saturated rings. The number of ether oxygens (including phenoxy) is 1. The number of nitrogens with zero attached hydrogens (tertiary/aromatic N) is 2. The minimum Gasteiger partial charge on any atom is -0.391 e. The molecule has 1 aliphatic heterocycles. The average molecular weight is 339 g/mol. The van der Waals surface area contributed by atoms with Crippen molar-refractivity contribution >= 4 is 25.3 Å². The summed E-state index contributed by atoms with van der Waals surface area (Å²) in [5.74, 6) is -0.00931. The zero-order valence-corrected chi connectivity index (χ0v) is 12.8. The van der Waals surface area contributed by atoms with Gasteiger partial charge >= 0.3 is 5.69 Å². The number of aliphatic hydroxyl groups excluding tert-OH is 1. The largest absolute Gasteiger partial charge is 0.391 e. The predicted octanol–water partition coefficient (Wildman–Crippen LogP) is 0.146. The molecule has 0 spiro atoms. The lowest BCUT2D eigenvalue weighted by Crippen LogP contribution is -2.37. The first-order chi connectivity index (χ1) is 9.81. The molecule has 1 aromatic rings. The standard InChI is InChI=1S/C10H15FN3O5PS/c1-4(15)7-8(19-20(17)21)6(11)9(18-7)14-3-2-5(12)13-10(14)16/h2-4,6-9,15,20H,1H3,(H,17,21)(H2,12,13,16)/t4-,6+,7-,8?,9-/m1/s1. The first-order valence-corrected chi connectivity index (χ1v) is 8.63. The first kappa shape index (κ1) is 16.4. The van der Waals surface area contributed by atoms with Crippen molar-refractivity contribution in [2.75, 3.05) is 5.73 Å². The molecule has 0 aromatic carbocycles. The maximum atomic E-state index is 14.5. The van der Waals surface area contributed by atoms with E-state index in [4.69, 9.17) is 15.0 Å². The van der Waals surface area contributed by atoms with E-state index in [0.29, 0.717) is 0 Å². The summed E-state index contributed by atoms with van der Waals surface area (Å²) in [6, 6.07) is 1.31. The minimum absolute atomic E-state index is 0.00931. The third-order valence-corrected chi connectivity index (χ3v) is 3.83. The third kappa shape index (κ3) is 3.46. The smallest absolute Gasteiger partial charge is 0.351 e. The number of aliphatic hydroxyl groups is 1. The summed E-state index contributed by atoms with van der Waals surface area (Å²) in [5.41, 5.74) is 4.56. The second-order valence-corrected chi connectivity index (χ2v) is 6.43. The molecule has 0 amide bonds. The summed E-state index contributed by atoms with van der Waals surface area (Å²) in [6.45, 7) is 1.37. The Labute approximate surface area is 125 Å². The lowest BCUT2D eigenvalue weighted by atomic mass is 10.1. The van der Waals surface area contributed by atoms with Crippen LogP contribution in [0.2, 0.25) is 0 Å². The number of aromatic nitrogens is 2. The highest BCUT2D eigenvalue weighted by atomic mass is 32.7. The van der Waals surface area contributed by atoms with E-state index in [-0.39, 0.29) is 5.82 Å². The van der Waals surface area contributed by atoms with Crippen LogP contribution in [0.15, 0.2) is 17.1 Å². The molecule has 0 saturated carbocycles. The molecule has 1 aliphatic rings. The Balaban J connectivity index is 2.33. The van der Waals surface area contributed by atoms with E-state index in [9.17, 15) is 18.9 Å². The Morgan fingerprint density at radius 2 is 2.38 bits per heavy atom. The van der Waals surface area contributed by atoms with Crippen LogP contribution in [0.25, 0.3) is 0 Å². The Hall–Kier alpha value is -0.930. The lowest BCUT2D eigenvalue weighted by Gasteiger charge is -2.20. The van der Waals surface area contributed by atoms with Gasteiger partial charge in [-0.1, -0.05) is 12.2 Å². The van der Waals surface area contributed by atoms with Gasteiger partial charge in [-0.2, -0.15) is 4.98 Å². The number of rotatable bonds is 4. The van der Waals surface area contributed by atoms with Crippen molar-refractivity contribution in [3.05, 3.63) is 22.7 Å². The molecule has 11 heteroatoms. The summed E-state index contributed by atoms with van der Waals surface area (Å²) in [5, 5.41) is 9.62. The van der Waals surface area contributed by atoms with Gasteiger partial charge in [0.2, 0.25) is 7.23 Å². The van der Waals surface area contributed by atoms with Crippen molar-refractivity contribution in [3.63, 3.8) is 0 Å². The molecular formula is C10H15FN3O5PS. The van der Waals surface area contributed by atoms with Crippen molar-refractivity contribution in [2.45, 2.75) is 37.6 Å². The number of nitrogen functional groups attached to an aromatic ring is 1. The second-order valence-electron chi connectivity index (χ2n) is 4.57. The fourth-order valence-corrected chi connectivity index (χ4v) is 2.99. The van der Waals surface area contributed by atoms with Crippen molar-refractivity contribution in [2.24, 2.45) is 0 Å². The van der Waals surface area contributed by atoms with Crippen molar-refractivity contribution in [1.82, 2.24) is 9.55 Å². The first-order valence-electron chi connectivity index (χ1n) is 6.03. The highest BCUT2D eigenvalue weighted by molar-refractivity contribution is 8.39. The molecule has 2 rings (SSSR count). The Kier molecular flexibility index (Phi) is 5.05. The van der Waals surface area contributed by atoms with E-state index < -0.39 is 43.6 Å². The Morgan fingerprint density at radius 1 is 1.71 bits per heavy atom. The average Bonchev–Trinajstić information content (AvgIpc) is 2.67. The van der Waals surface area contributed by atoms with Crippen LogP contribution in [0.5, 0.6) is 0 Å². The fourth-order valence-electron chi connectivity index (χ4n) is 2.13. The topological polar surface area (TPSA) is 117 Å². The highest BCUT2D eigenvalue weighted by Crippen LogP contribution is 2.41. The van der Waals surface area contributed by atoms with Crippen LogP contribution in [-0.2, 0) is 13.8 Å². The predicted molar refractivity (Wildman–Crippen MR) is 76.3 cm³/mol. The molecule has 3 N–H and O–H groups in total. The van der Waals surface area contributed by atoms with E-state index in [1.165, 1.54) is 19.2 Å². The summed E-state index contributed by atoms with van der Waals surface area (Å²) >= 11 is 3.60. The van der Waals surface area contributed by atoms with Crippen LogP contribution < -0.4 is 11.4 Å². The normalized spacial score (nSPS) is 32.0. The molecule has 0 bridgehead atoms. The lowest BCUT2D eigenvalue weighted by molar-refractivity contribution is -0.0747. The van der Waals surface area contributed by atoms with Crippen LogP contribution in [0.1, 0.15) is 13.2 Å². The van der Waals surface area contributed by atoms with E-state index in [1.54, 1.807) is 0 Å². The molecule has 21 heavy (non-hydrogen) atoms. The van der Waals surface area contributed by atoms with Gasteiger partial charge in [0.15, 0.2) is 12.4 Å². The zero-order valence-electron chi connectivity index (χ0n) is 10.9. The monoisotopic (exact) mass is 339 g/mol. The third-order valence-electron chi connectivity index (χ3n) is 3.04. The van der Waals surface area contributed by atoms with Crippen LogP contribution in [0, 0.1) is 0 Å². The Bertz CT molecular complexity index is 600. The van der Waals surface area contributed by atoms with Gasteiger partial charge in [-0.05, 0) is 13.0 Å². The summed E-state index contributed by atoms with van der Waals surface area (Å²) in [6.07, 6.45) is -5.43. The molecular weight excluding hydrogens is 324 g/mol. The van der Waals surface area contributed by atoms with Gasteiger partial charge < -0.3 is 20.1 Å². The van der Waals surface area contributed by atoms with Gasteiger partial charge in [0.25, 0.3) is 0 Å². The molecule has 1 aromatic heterocycles. The SMILES string of the molecule is C[C@@H](O)[C@H]1O[C@@H](n2ccc(N)nc2=O)[C@@H](F)C1O[PH](=O)S. The Morgan fingerprint density at radius 3 is 2.90 bits per heavy atom. The van der Waals surface area contributed by atoms with Crippen LogP contribution in [-0.4, -0.2) is 39.1 Å². The van der Waals surface area contributed by atoms with Gasteiger partial charge in [0.1, 0.15) is 18.0 Å². The molecule has 0 radical (unpaired) electrons. The van der Waals surface area contributed by atoms with Crippen LogP contribution in [0.3, 0.4) is 0 Å². The number of halogens is 1. The van der Waals surface area contributed by atoms with Crippen molar-refractivity contribution < 1.29 is 23.3 Å².